The third-order valence-electron chi connectivity index (χ3n) is 3.48. The molecule has 5 nitrogen and oxygen atoms in total. The first kappa shape index (κ1) is 17.5. The van der Waals surface area contributed by atoms with Crippen molar-refractivity contribution in [3.63, 3.8) is 0 Å². The van der Waals surface area contributed by atoms with E-state index < -0.39 is 0 Å². The van der Waals surface area contributed by atoms with Gasteiger partial charge in [0.25, 0.3) is 5.91 Å². The molecule has 24 heavy (non-hydrogen) atoms. The van der Waals surface area contributed by atoms with Gasteiger partial charge in [-0.1, -0.05) is 42.0 Å². The number of amides is 1. The van der Waals surface area contributed by atoms with Gasteiger partial charge in [0.1, 0.15) is 5.75 Å². The number of aryl methyl sites for hydroxylation is 1. The SMILES string of the molecule is COC(=O)Cc1ccc(OCC(=O)NCc2ccc(C)cc2)cc1. The molecule has 0 aliphatic carbocycles. The largest absolute Gasteiger partial charge is 0.484 e. The van der Waals surface area contributed by atoms with Crippen LogP contribution in [0.5, 0.6) is 5.75 Å². The number of carbonyl (C=O) groups is 2. The van der Waals surface area contributed by atoms with Gasteiger partial charge >= 0.3 is 5.97 Å². The maximum absolute atomic E-state index is 11.8. The normalized spacial score (nSPS) is 10.1. The van der Waals surface area contributed by atoms with E-state index in [4.69, 9.17) is 4.74 Å². The number of hydrogen-bond donors (Lipinski definition) is 1. The maximum atomic E-state index is 11.8. The summed E-state index contributed by atoms with van der Waals surface area (Å²) in [5.41, 5.74) is 3.06. The van der Waals surface area contributed by atoms with Crippen LogP contribution in [0.3, 0.4) is 0 Å². The number of rotatable bonds is 7. The Morgan fingerprint density at radius 3 is 2.21 bits per heavy atom. The second kappa shape index (κ2) is 8.72. The molecule has 0 aromatic heterocycles. The molecular formula is C19H21NO4. The number of methoxy groups -OCH3 is 1. The summed E-state index contributed by atoms with van der Waals surface area (Å²) in [5, 5.41) is 2.81. The fourth-order valence-electron chi connectivity index (χ4n) is 2.05. The Balaban J connectivity index is 1.75. The molecule has 0 aliphatic heterocycles. The first-order valence-corrected chi connectivity index (χ1v) is 7.67. The van der Waals surface area contributed by atoms with Gasteiger partial charge in [0, 0.05) is 6.54 Å². The minimum atomic E-state index is -0.292. The topological polar surface area (TPSA) is 64.6 Å². The van der Waals surface area contributed by atoms with Crippen LogP contribution in [0.15, 0.2) is 48.5 Å². The second-order valence-electron chi connectivity index (χ2n) is 5.45. The van der Waals surface area contributed by atoms with Crippen LogP contribution in [0.2, 0.25) is 0 Å². The summed E-state index contributed by atoms with van der Waals surface area (Å²) < 4.78 is 10.0. The molecule has 0 saturated carbocycles. The van der Waals surface area contributed by atoms with Gasteiger partial charge in [-0.2, -0.15) is 0 Å². The van der Waals surface area contributed by atoms with E-state index in [1.54, 1.807) is 24.3 Å². The smallest absolute Gasteiger partial charge is 0.309 e. The molecule has 1 N–H and O–H groups in total. The van der Waals surface area contributed by atoms with Crippen LogP contribution < -0.4 is 10.1 Å². The Labute approximate surface area is 141 Å². The molecular weight excluding hydrogens is 306 g/mol. The molecule has 0 heterocycles. The van der Waals surface area contributed by atoms with Crippen molar-refractivity contribution in [3.05, 3.63) is 65.2 Å². The first-order chi connectivity index (χ1) is 11.6. The quantitative estimate of drug-likeness (QED) is 0.793. The molecule has 5 heteroatoms. The van der Waals surface area contributed by atoms with Crippen LogP contribution in [0.4, 0.5) is 0 Å². The Morgan fingerprint density at radius 2 is 1.58 bits per heavy atom. The van der Waals surface area contributed by atoms with Gasteiger partial charge in [-0.05, 0) is 30.2 Å². The highest BCUT2D eigenvalue weighted by molar-refractivity contribution is 5.77. The zero-order valence-electron chi connectivity index (χ0n) is 13.9. The van der Waals surface area contributed by atoms with Crippen molar-refractivity contribution < 1.29 is 19.1 Å². The third-order valence-corrected chi connectivity index (χ3v) is 3.48. The standard InChI is InChI=1S/C19H21NO4/c1-14-3-5-16(6-4-14)12-20-18(21)13-24-17-9-7-15(8-10-17)11-19(22)23-2/h3-10H,11-13H2,1-2H3,(H,20,21). The van der Waals surface area contributed by atoms with Gasteiger partial charge in [0.15, 0.2) is 6.61 Å². The fraction of sp³-hybridized carbons (Fsp3) is 0.263. The van der Waals surface area contributed by atoms with Crippen molar-refractivity contribution in [1.29, 1.82) is 0 Å². The monoisotopic (exact) mass is 327 g/mol. The van der Waals surface area contributed by atoms with Crippen LogP contribution >= 0.6 is 0 Å². The summed E-state index contributed by atoms with van der Waals surface area (Å²) in [6.07, 6.45) is 0.216. The van der Waals surface area contributed by atoms with Crippen LogP contribution in [-0.4, -0.2) is 25.6 Å². The number of ether oxygens (including phenoxy) is 2. The molecule has 0 fully saturated rings. The van der Waals surface area contributed by atoms with Crippen molar-refractivity contribution in [2.24, 2.45) is 0 Å². The van der Waals surface area contributed by atoms with Crippen molar-refractivity contribution in [1.82, 2.24) is 5.32 Å². The molecule has 0 bridgehead atoms. The molecule has 0 saturated heterocycles. The molecule has 126 valence electrons. The number of hydrogen-bond acceptors (Lipinski definition) is 4. The minimum Gasteiger partial charge on any atom is -0.484 e. The molecule has 0 aliphatic rings. The van der Waals surface area contributed by atoms with E-state index in [1.807, 2.05) is 31.2 Å². The lowest BCUT2D eigenvalue weighted by molar-refractivity contribution is -0.139. The van der Waals surface area contributed by atoms with E-state index in [-0.39, 0.29) is 24.9 Å². The minimum absolute atomic E-state index is 0.0534. The van der Waals surface area contributed by atoms with Gasteiger partial charge < -0.3 is 14.8 Å². The van der Waals surface area contributed by atoms with E-state index in [2.05, 4.69) is 10.1 Å². The predicted octanol–water partition coefficient (Wildman–Crippen LogP) is 2.41. The van der Waals surface area contributed by atoms with E-state index in [0.717, 1.165) is 11.1 Å². The lowest BCUT2D eigenvalue weighted by Gasteiger charge is -2.08. The highest BCUT2D eigenvalue weighted by atomic mass is 16.5. The zero-order chi connectivity index (χ0) is 17.4. The summed E-state index contributed by atoms with van der Waals surface area (Å²) in [7, 11) is 1.36. The Hall–Kier alpha value is -2.82. The van der Waals surface area contributed by atoms with E-state index in [1.165, 1.54) is 12.7 Å². The molecule has 1 amide bonds. The van der Waals surface area contributed by atoms with Crippen LogP contribution in [0.1, 0.15) is 16.7 Å². The van der Waals surface area contributed by atoms with Crippen molar-refractivity contribution in [3.8, 4) is 5.75 Å². The average molecular weight is 327 g/mol. The highest BCUT2D eigenvalue weighted by Gasteiger charge is 2.05. The van der Waals surface area contributed by atoms with Crippen LogP contribution in [0, 0.1) is 6.92 Å². The van der Waals surface area contributed by atoms with E-state index in [0.29, 0.717) is 12.3 Å². The Kier molecular flexibility index (Phi) is 6.37. The fourth-order valence-corrected chi connectivity index (χ4v) is 2.05. The first-order valence-electron chi connectivity index (χ1n) is 7.67. The lowest BCUT2D eigenvalue weighted by atomic mass is 10.1. The van der Waals surface area contributed by atoms with Gasteiger partial charge in [0.2, 0.25) is 0 Å². The molecule has 0 atom stereocenters. The summed E-state index contributed by atoms with van der Waals surface area (Å²) >= 11 is 0. The predicted molar refractivity (Wildman–Crippen MR) is 90.7 cm³/mol. The van der Waals surface area contributed by atoms with Crippen molar-refractivity contribution >= 4 is 11.9 Å². The van der Waals surface area contributed by atoms with Gasteiger partial charge in [-0.25, -0.2) is 0 Å². The molecule has 2 aromatic rings. The van der Waals surface area contributed by atoms with Gasteiger partial charge in [-0.15, -0.1) is 0 Å². The third kappa shape index (κ3) is 5.76. The number of benzene rings is 2. The van der Waals surface area contributed by atoms with Crippen LogP contribution in [0.25, 0.3) is 0 Å². The van der Waals surface area contributed by atoms with Gasteiger partial charge in [-0.3, -0.25) is 9.59 Å². The zero-order valence-corrected chi connectivity index (χ0v) is 13.9. The Morgan fingerprint density at radius 1 is 0.958 bits per heavy atom. The average Bonchev–Trinajstić information content (AvgIpc) is 2.60. The molecule has 0 spiro atoms. The molecule has 2 rings (SSSR count). The molecule has 2 aromatic carbocycles. The molecule has 0 unspecified atom stereocenters. The summed E-state index contributed by atoms with van der Waals surface area (Å²) in [4.78, 5) is 23.0. The summed E-state index contributed by atoms with van der Waals surface area (Å²) in [6.45, 7) is 2.44. The highest BCUT2D eigenvalue weighted by Crippen LogP contribution is 2.12. The number of carbonyl (C=O) groups excluding carboxylic acids is 2. The van der Waals surface area contributed by atoms with Crippen molar-refractivity contribution in [2.45, 2.75) is 19.9 Å². The summed E-state index contributed by atoms with van der Waals surface area (Å²) in [6, 6.07) is 15.0. The maximum Gasteiger partial charge on any atom is 0.309 e. The Bertz CT molecular complexity index is 678. The van der Waals surface area contributed by atoms with Crippen molar-refractivity contribution in [2.75, 3.05) is 13.7 Å². The van der Waals surface area contributed by atoms with E-state index >= 15 is 0 Å². The lowest BCUT2D eigenvalue weighted by Crippen LogP contribution is -2.28. The van der Waals surface area contributed by atoms with Crippen LogP contribution in [-0.2, 0) is 27.3 Å². The number of esters is 1. The second-order valence-corrected chi connectivity index (χ2v) is 5.45. The summed E-state index contributed by atoms with van der Waals surface area (Å²) in [5.74, 6) is 0.0995. The van der Waals surface area contributed by atoms with E-state index in [9.17, 15) is 9.59 Å². The van der Waals surface area contributed by atoms with Gasteiger partial charge in [0.05, 0.1) is 13.5 Å². The molecule has 0 radical (unpaired) electrons. The number of nitrogens with one attached hydrogen (secondary N) is 1.